The van der Waals surface area contributed by atoms with E-state index in [1.807, 2.05) is 12.1 Å². The van der Waals surface area contributed by atoms with Crippen LogP contribution in [-0.2, 0) is 6.42 Å². The largest absolute Gasteiger partial charge is 0.496 e. The Kier molecular flexibility index (Phi) is 8.31. The lowest BCUT2D eigenvalue weighted by atomic mass is 10.1. The first-order valence-electron chi connectivity index (χ1n) is 7.78. The van der Waals surface area contributed by atoms with E-state index in [1.165, 1.54) is 18.5 Å². The number of likely N-dealkylation sites (N-methyl/N-ethyl adjacent to an activating group) is 1. The Bertz CT molecular complexity index is 368. The van der Waals surface area contributed by atoms with Gasteiger partial charge in [-0.1, -0.05) is 32.0 Å². The van der Waals surface area contributed by atoms with Gasteiger partial charge in [0, 0.05) is 19.1 Å². The summed E-state index contributed by atoms with van der Waals surface area (Å²) < 4.78 is 5.40. The maximum Gasteiger partial charge on any atom is 0.122 e. The lowest BCUT2D eigenvalue weighted by Gasteiger charge is -2.21. The van der Waals surface area contributed by atoms with Crippen molar-refractivity contribution >= 4 is 0 Å². The number of nitrogens with one attached hydrogen (secondary N) is 1. The smallest absolute Gasteiger partial charge is 0.122 e. The number of hydrogen-bond donors (Lipinski definition) is 1. The van der Waals surface area contributed by atoms with E-state index in [1.54, 1.807) is 7.11 Å². The van der Waals surface area contributed by atoms with Crippen molar-refractivity contribution in [1.29, 1.82) is 0 Å². The predicted molar refractivity (Wildman–Crippen MR) is 86.6 cm³/mol. The van der Waals surface area contributed by atoms with Gasteiger partial charge in [0.25, 0.3) is 0 Å². The van der Waals surface area contributed by atoms with Gasteiger partial charge in [-0.2, -0.15) is 0 Å². The Balaban J connectivity index is 2.34. The van der Waals surface area contributed by atoms with Gasteiger partial charge in [0.15, 0.2) is 0 Å². The molecule has 114 valence electrons. The number of hydrogen-bond acceptors (Lipinski definition) is 3. The molecule has 3 heteroatoms. The van der Waals surface area contributed by atoms with Crippen molar-refractivity contribution in [2.45, 2.75) is 39.7 Å². The molecule has 1 atom stereocenters. The van der Waals surface area contributed by atoms with Gasteiger partial charge in [-0.05, 0) is 44.5 Å². The van der Waals surface area contributed by atoms with Gasteiger partial charge in [-0.3, -0.25) is 0 Å². The molecule has 3 nitrogen and oxygen atoms in total. The number of nitrogens with zero attached hydrogens (tertiary/aromatic N) is 1. The molecule has 1 rings (SSSR count). The second-order valence-corrected chi connectivity index (χ2v) is 5.31. The van der Waals surface area contributed by atoms with E-state index in [0.717, 1.165) is 31.8 Å². The molecule has 0 aliphatic carbocycles. The Morgan fingerprint density at radius 1 is 1.20 bits per heavy atom. The molecule has 1 N–H and O–H groups in total. The lowest BCUT2D eigenvalue weighted by Crippen LogP contribution is -2.37. The molecule has 0 saturated carbocycles. The highest BCUT2D eigenvalue weighted by Gasteiger charge is 2.08. The molecule has 0 aliphatic rings. The topological polar surface area (TPSA) is 24.5 Å². The first kappa shape index (κ1) is 17.0. The monoisotopic (exact) mass is 278 g/mol. The summed E-state index contributed by atoms with van der Waals surface area (Å²) in [5.41, 5.74) is 1.27. The van der Waals surface area contributed by atoms with Crippen molar-refractivity contribution in [2.24, 2.45) is 0 Å². The molecule has 1 aromatic carbocycles. The fraction of sp³-hybridized carbons (Fsp3) is 0.647. The maximum absolute atomic E-state index is 5.40. The second kappa shape index (κ2) is 9.78. The van der Waals surface area contributed by atoms with E-state index in [2.05, 4.69) is 43.1 Å². The van der Waals surface area contributed by atoms with Gasteiger partial charge in [0.1, 0.15) is 5.75 Å². The van der Waals surface area contributed by atoms with Crippen molar-refractivity contribution in [2.75, 3.05) is 33.3 Å². The van der Waals surface area contributed by atoms with Crippen LogP contribution in [0.3, 0.4) is 0 Å². The Labute approximate surface area is 124 Å². The highest BCUT2D eigenvalue weighted by molar-refractivity contribution is 5.33. The van der Waals surface area contributed by atoms with Crippen LogP contribution in [0, 0.1) is 0 Å². The SMILES string of the molecule is CCCN(CC)CCNC(C)Cc1ccccc1OC. The molecule has 0 aliphatic heterocycles. The molecule has 0 heterocycles. The summed E-state index contributed by atoms with van der Waals surface area (Å²) in [7, 11) is 1.74. The summed E-state index contributed by atoms with van der Waals surface area (Å²) >= 11 is 0. The van der Waals surface area contributed by atoms with E-state index in [4.69, 9.17) is 4.74 Å². The van der Waals surface area contributed by atoms with Crippen LogP contribution in [0.25, 0.3) is 0 Å². The standard InChI is InChI=1S/C17H30N2O/c1-5-12-19(6-2)13-11-18-15(3)14-16-9-7-8-10-17(16)20-4/h7-10,15,18H,5-6,11-14H2,1-4H3. The van der Waals surface area contributed by atoms with Crippen molar-refractivity contribution in [1.82, 2.24) is 10.2 Å². The van der Waals surface area contributed by atoms with Crippen molar-refractivity contribution in [3.63, 3.8) is 0 Å². The minimum Gasteiger partial charge on any atom is -0.496 e. The summed E-state index contributed by atoms with van der Waals surface area (Å²) in [5.74, 6) is 0.988. The molecule has 0 aromatic heterocycles. The summed E-state index contributed by atoms with van der Waals surface area (Å²) in [6.45, 7) is 11.2. The van der Waals surface area contributed by atoms with Crippen molar-refractivity contribution in [3.05, 3.63) is 29.8 Å². The van der Waals surface area contributed by atoms with Crippen molar-refractivity contribution in [3.8, 4) is 5.75 Å². The maximum atomic E-state index is 5.40. The molecule has 0 saturated heterocycles. The number of methoxy groups -OCH3 is 1. The van der Waals surface area contributed by atoms with Gasteiger partial charge < -0.3 is 15.0 Å². The second-order valence-electron chi connectivity index (χ2n) is 5.31. The molecule has 0 fully saturated rings. The lowest BCUT2D eigenvalue weighted by molar-refractivity contribution is 0.283. The number of ether oxygens (including phenoxy) is 1. The van der Waals surface area contributed by atoms with Crippen LogP contribution in [0.15, 0.2) is 24.3 Å². The quantitative estimate of drug-likeness (QED) is 0.712. The average molecular weight is 278 g/mol. The van der Waals surface area contributed by atoms with Gasteiger partial charge >= 0.3 is 0 Å². The zero-order valence-corrected chi connectivity index (χ0v) is 13.5. The van der Waals surface area contributed by atoms with Crippen LogP contribution in [0.2, 0.25) is 0 Å². The Morgan fingerprint density at radius 2 is 1.95 bits per heavy atom. The molecular weight excluding hydrogens is 248 g/mol. The minimum absolute atomic E-state index is 0.464. The molecule has 0 amide bonds. The molecule has 20 heavy (non-hydrogen) atoms. The van der Waals surface area contributed by atoms with Gasteiger partial charge in [0.05, 0.1) is 7.11 Å². The van der Waals surface area contributed by atoms with Crippen LogP contribution < -0.4 is 10.1 Å². The minimum atomic E-state index is 0.464. The third-order valence-corrected chi connectivity index (χ3v) is 3.63. The van der Waals surface area contributed by atoms with Crippen LogP contribution in [0.4, 0.5) is 0 Å². The molecule has 1 unspecified atom stereocenters. The first-order chi connectivity index (χ1) is 9.71. The number of rotatable bonds is 10. The number of para-hydroxylation sites is 1. The zero-order valence-electron chi connectivity index (χ0n) is 13.5. The highest BCUT2D eigenvalue weighted by Crippen LogP contribution is 2.18. The molecule has 0 radical (unpaired) electrons. The van der Waals surface area contributed by atoms with E-state index in [0.29, 0.717) is 6.04 Å². The average Bonchev–Trinajstić information content (AvgIpc) is 2.47. The third kappa shape index (κ3) is 5.93. The van der Waals surface area contributed by atoms with Gasteiger partial charge in [0.2, 0.25) is 0 Å². The summed E-state index contributed by atoms with van der Waals surface area (Å²) in [6.07, 6.45) is 2.23. The van der Waals surface area contributed by atoms with E-state index >= 15 is 0 Å². The van der Waals surface area contributed by atoms with Crippen LogP contribution in [-0.4, -0.2) is 44.2 Å². The first-order valence-corrected chi connectivity index (χ1v) is 7.78. The molecule has 0 spiro atoms. The van der Waals surface area contributed by atoms with Crippen LogP contribution in [0.1, 0.15) is 32.8 Å². The van der Waals surface area contributed by atoms with Gasteiger partial charge in [-0.15, -0.1) is 0 Å². The van der Waals surface area contributed by atoms with E-state index < -0.39 is 0 Å². The van der Waals surface area contributed by atoms with Crippen LogP contribution in [0.5, 0.6) is 5.75 Å². The molecule has 0 bridgehead atoms. The fourth-order valence-electron chi connectivity index (χ4n) is 2.49. The van der Waals surface area contributed by atoms with Gasteiger partial charge in [-0.25, -0.2) is 0 Å². The molecular formula is C17H30N2O. The fourth-order valence-corrected chi connectivity index (χ4v) is 2.49. The third-order valence-electron chi connectivity index (χ3n) is 3.63. The molecule has 1 aromatic rings. The highest BCUT2D eigenvalue weighted by atomic mass is 16.5. The van der Waals surface area contributed by atoms with Crippen molar-refractivity contribution < 1.29 is 4.74 Å². The van der Waals surface area contributed by atoms with E-state index in [-0.39, 0.29) is 0 Å². The van der Waals surface area contributed by atoms with Crippen LogP contribution >= 0.6 is 0 Å². The Hall–Kier alpha value is -1.06. The predicted octanol–water partition coefficient (Wildman–Crippen LogP) is 2.95. The summed E-state index contributed by atoms with van der Waals surface area (Å²) in [4.78, 5) is 2.49. The normalized spacial score (nSPS) is 12.7. The number of benzene rings is 1. The Morgan fingerprint density at radius 3 is 2.60 bits per heavy atom. The summed E-state index contributed by atoms with van der Waals surface area (Å²) in [6, 6.07) is 8.73. The van der Waals surface area contributed by atoms with E-state index in [9.17, 15) is 0 Å². The summed E-state index contributed by atoms with van der Waals surface area (Å²) in [5, 5.41) is 3.61. The zero-order chi connectivity index (χ0) is 14.8.